The molecule has 0 amide bonds. The van der Waals surface area contributed by atoms with E-state index >= 15 is 0 Å². The van der Waals surface area contributed by atoms with Gasteiger partial charge in [-0.3, -0.25) is 0 Å². The summed E-state index contributed by atoms with van der Waals surface area (Å²) in [6, 6.07) is 0. The van der Waals surface area contributed by atoms with Gasteiger partial charge in [0, 0.05) is 12.7 Å². The molecule has 1 nitrogen and oxygen atoms in total. The van der Waals surface area contributed by atoms with Crippen LogP contribution in [0.5, 0.6) is 0 Å². The van der Waals surface area contributed by atoms with Crippen LogP contribution in [0, 0.1) is 11.8 Å². The minimum absolute atomic E-state index is 0.602. The first kappa shape index (κ1) is 11.4. The van der Waals surface area contributed by atoms with Crippen molar-refractivity contribution >= 4 is 6.71 Å². The molecule has 0 aromatic rings. The molecule has 2 unspecified atom stereocenters. The van der Waals surface area contributed by atoms with Gasteiger partial charge >= 0.3 is 0 Å². The first-order valence-corrected chi connectivity index (χ1v) is 5.59. The molecule has 0 aromatic heterocycles. The number of hydrogen-bond donors (Lipinski definition) is 1. The zero-order valence-corrected chi connectivity index (χ0v) is 9.72. The van der Waals surface area contributed by atoms with Crippen molar-refractivity contribution in [2.75, 3.05) is 7.05 Å². The quantitative estimate of drug-likeness (QED) is 0.531. The molecular formula is C12H22BN. The van der Waals surface area contributed by atoms with Gasteiger partial charge in [-0.25, -0.2) is 0 Å². The summed E-state index contributed by atoms with van der Waals surface area (Å²) in [6.45, 7) is 13.5. The Bertz CT molecular complexity index is 222. The molecule has 0 aliphatic carbocycles. The lowest BCUT2D eigenvalue weighted by Gasteiger charge is -2.18. The molecule has 1 rings (SSSR count). The summed E-state index contributed by atoms with van der Waals surface area (Å²) in [5, 5.41) is 3.19. The van der Waals surface area contributed by atoms with Crippen molar-refractivity contribution in [3.8, 4) is 0 Å². The van der Waals surface area contributed by atoms with Crippen molar-refractivity contribution in [2.45, 2.75) is 32.3 Å². The van der Waals surface area contributed by atoms with Crippen LogP contribution in [0.2, 0.25) is 18.5 Å². The van der Waals surface area contributed by atoms with E-state index in [0.29, 0.717) is 11.8 Å². The summed E-state index contributed by atoms with van der Waals surface area (Å²) >= 11 is 0. The van der Waals surface area contributed by atoms with Gasteiger partial charge in [-0.05, 0) is 11.8 Å². The third-order valence-corrected chi connectivity index (χ3v) is 3.66. The molecule has 1 N–H and O–H groups in total. The predicted octanol–water partition coefficient (Wildman–Crippen LogP) is 3.06. The zero-order valence-electron chi connectivity index (χ0n) is 9.72. The minimum Gasteiger partial charge on any atom is -0.392 e. The zero-order chi connectivity index (χ0) is 10.7. The highest BCUT2D eigenvalue weighted by Crippen LogP contribution is 2.40. The van der Waals surface area contributed by atoms with E-state index in [9.17, 15) is 0 Å². The second-order valence-electron chi connectivity index (χ2n) is 4.76. The second kappa shape index (κ2) is 4.72. The van der Waals surface area contributed by atoms with Crippen molar-refractivity contribution in [1.82, 2.24) is 5.32 Å². The smallest absolute Gasteiger partial charge is 0.143 e. The van der Waals surface area contributed by atoms with Crippen LogP contribution < -0.4 is 5.32 Å². The average molecular weight is 191 g/mol. The largest absolute Gasteiger partial charge is 0.392 e. The highest BCUT2D eigenvalue weighted by molar-refractivity contribution is 6.61. The van der Waals surface area contributed by atoms with Gasteiger partial charge in [0.15, 0.2) is 0 Å². The third-order valence-electron chi connectivity index (χ3n) is 3.66. The lowest BCUT2D eigenvalue weighted by Crippen LogP contribution is -2.18. The van der Waals surface area contributed by atoms with Gasteiger partial charge in [-0.2, -0.15) is 0 Å². The van der Waals surface area contributed by atoms with Crippen molar-refractivity contribution in [1.29, 1.82) is 0 Å². The molecule has 1 heterocycles. The van der Waals surface area contributed by atoms with Crippen LogP contribution in [0.4, 0.5) is 0 Å². The van der Waals surface area contributed by atoms with Crippen LogP contribution in [0.25, 0.3) is 0 Å². The monoisotopic (exact) mass is 191 g/mol. The molecular weight excluding hydrogens is 169 g/mol. The van der Waals surface area contributed by atoms with E-state index in [0.717, 1.165) is 12.5 Å². The Labute approximate surface area is 88.7 Å². The van der Waals surface area contributed by atoms with E-state index in [1.165, 1.54) is 18.3 Å². The third kappa shape index (κ3) is 2.23. The second-order valence-corrected chi connectivity index (χ2v) is 4.76. The molecule has 1 aliphatic rings. The van der Waals surface area contributed by atoms with Crippen molar-refractivity contribution in [2.24, 2.45) is 11.8 Å². The van der Waals surface area contributed by atoms with E-state index in [4.69, 9.17) is 0 Å². The Hall–Kier alpha value is -0.655. The lowest BCUT2D eigenvalue weighted by molar-refractivity contribution is 0.536. The van der Waals surface area contributed by atoms with Gasteiger partial charge in [-0.15, -0.1) is 6.58 Å². The maximum Gasteiger partial charge on any atom is 0.143 e. The highest BCUT2D eigenvalue weighted by Gasteiger charge is 2.37. The number of rotatable bonds is 4. The molecule has 14 heavy (non-hydrogen) atoms. The Morgan fingerprint density at radius 1 is 1.50 bits per heavy atom. The summed E-state index contributed by atoms with van der Waals surface area (Å²) in [5.41, 5.74) is 1.18. The molecule has 0 radical (unpaired) electrons. The molecule has 0 aromatic carbocycles. The number of hydrogen-bond acceptors (Lipinski definition) is 1. The Morgan fingerprint density at radius 2 is 2.14 bits per heavy atom. The molecule has 1 aliphatic heterocycles. The van der Waals surface area contributed by atoms with Crippen LogP contribution in [0.1, 0.15) is 13.8 Å². The van der Waals surface area contributed by atoms with E-state index < -0.39 is 0 Å². The van der Waals surface area contributed by atoms with Gasteiger partial charge in [0.1, 0.15) is 6.71 Å². The first-order valence-electron chi connectivity index (χ1n) is 5.59. The Balaban J connectivity index is 2.67. The fraction of sp³-hybridized carbons (Fsp3) is 0.667. The van der Waals surface area contributed by atoms with Gasteiger partial charge in [-0.1, -0.05) is 45.0 Å². The van der Waals surface area contributed by atoms with Crippen LogP contribution in [0.3, 0.4) is 0 Å². The van der Waals surface area contributed by atoms with E-state index in [1.807, 2.05) is 7.05 Å². The first-order chi connectivity index (χ1) is 6.60. The summed E-state index contributed by atoms with van der Waals surface area (Å²) in [5.74, 6) is 2.01. The molecule has 0 saturated carbocycles. The van der Waals surface area contributed by atoms with Crippen LogP contribution >= 0.6 is 0 Å². The maximum absolute atomic E-state index is 4.09. The Kier molecular flexibility index (Phi) is 3.85. The average Bonchev–Trinajstić information content (AvgIpc) is 2.60. The molecule has 0 spiro atoms. The predicted molar refractivity (Wildman–Crippen MR) is 65.8 cm³/mol. The summed E-state index contributed by atoms with van der Waals surface area (Å²) in [6.07, 6.45) is 4.66. The summed E-state index contributed by atoms with van der Waals surface area (Å²) < 4.78 is 0. The molecule has 2 heteroatoms. The Morgan fingerprint density at radius 3 is 2.57 bits per heavy atom. The van der Waals surface area contributed by atoms with E-state index in [-0.39, 0.29) is 0 Å². The number of allylic oxidation sites excluding steroid dienone is 2. The van der Waals surface area contributed by atoms with Gasteiger partial charge in [0.25, 0.3) is 0 Å². The topological polar surface area (TPSA) is 12.0 Å². The standard InChI is InChI=1S/C12H22BN/c1-6-11-7-13(9(2)3)8-12(11)10(4)14-5/h6,9,11-12,14H,1,4,7-8H2,2-3,5H3. The number of nitrogens with one attached hydrogen (secondary N) is 1. The van der Waals surface area contributed by atoms with Crippen LogP contribution in [-0.4, -0.2) is 13.8 Å². The van der Waals surface area contributed by atoms with Crippen molar-refractivity contribution in [3.05, 3.63) is 24.9 Å². The molecule has 0 bridgehead atoms. The molecule has 1 saturated heterocycles. The normalized spacial score (nSPS) is 26.7. The molecule has 78 valence electrons. The summed E-state index contributed by atoms with van der Waals surface area (Å²) in [4.78, 5) is 0. The van der Waals surface area contributed by atoms with Gasteiger partial charge in [0.2, 0.25) is 0 Å². The lowest BCUT2D eigenvalue weighted by atomic mass is 9.40. The van der Waals surface area contributed by atoms with E-state index in [2.05, 4.69) is 38.4 Å². The summed E-state index contributed by atoms with van der Waals surface area (Å²) in [7, 11) is 1.96. The minimum atomic E-state index is 0.602. The van der Waals surface area contributed by atoms with Crippen molar-refractivity contribution < 1.29 is 0 Å². The highest BCUT2D eigenvalue weighted by atomic mass is 14.8. The maximum atomic E-state index is 4.09. The molecule has 2 atom stereocenters. The van der Waals surface area contributed by atoms with Crippen LogP contribution in [0.15, 0.2) is 24.9 Å². The molecule has 1 fully saturated rings. The SMILES string of the molecule is C=CC1CB(C(C)C)CC1C(=C)NC. The van der Waals surface area contributed by atoms with E-state index in [1.54, 1.807) is 0 Å². The van der Waals surface area contributed by atoms with Gasteiger partial charge < -0.3 is 5.32 Å². The fourth-order valence-electron chi connectivity index (χ4n) is 2.50. The van der Waals surface area contributed by atoms with Crippen molar-refractivity contribution in [3.63, 3.8) is 0 Å². The fourth-order valence-corrected chi connectivity index (χ4v) is 2.50. The van der Waals surface area contributed by atoms with Crippen LogP contribution in [-0.2, 0) is 0 Å². The van der Waals surface area contributed by atoms with Gasteiger partial charge in [0.05, 0.1) is 0 Å².